The molecule has 0 aromatic rings. The average molecular weight is 755 g/mol. The minimum atomic E-state index is -2.02. The first-order chi connectivity index (χ1) is 17.0. The minimum Gasteiger partial charge on any atom is -1.00 e. The monoisotopic (exact) mass is 751 g/mol. The van der Waals surface area contributed by atoms with Gasteiger partial charge in [0.25, 0.3) is 0 Å². The molecular formula is C29H61Cl4Si4Zr. The summed E-state index contributed by atoms with van der Waals surface area (Å²) in [7, 11) is -1.17. The van der Waals surface area contributed by atoms with Gasteiger partial charge in [-0.15, -0.1) is 0 Å². The van der Waals surface area contributed by atoms with Crippen LogP contribution in [-0.4, -0.2) is 28.1 Å². The third-order valence-corrected chi connectivity index (χ3v) is 94.3. The standard InChI is InChI=1S/2C12H28ClSi2.C5H5.2ClH.Zr/c2*1-5-6-7-8-9-10-11-15(4)12(2,3)14-13;1-2-4-5-3-1;;;/h2*5-11,14H2,1-4H3;1-3H,4H2;2*1H;/q;;;;;+2/p-2. The molecule has 225 valence electrons. The van der Waals surface area contributed by atoms with Crippen molar-refractivity contribution in [3.63, 3.8) is 0 Å². The van der Waals surface area contributed by atoms with Crippen LogP contribution >= 0.6 is 22.2 Å². The number of unbranched alkanes of at least 4 members (excludes halogenated alkanes) is 10. The van der Waals surface area contributed by atoms with Gasteiger partial charge in [0.05, 0.1) is 0 Å². The van der Waals surface area contributed by atoms with E-state index in [0.29, 0.717) is 9.32 Å². The van der Waals surface area contributed by atoms with Crippen LogP contribution in [0.1, 0.15) is 125 Å². The van der Waals surface area contributed by atoms with Crippen LogP contribution in [0.2, 0.25) is 34.5 Å². The van der Waals surface area contributed by atoms with Gasteiger partial charge < -0.3 is 24.8 Å². The third kappa shape index (κ3) is 11.8. The number of halogens is 4. The molecule has 0 amide bonds. The molecule has 0 spiro atoms. The van der Waals surface area contributed by atoms with Crippen LogP contribution in [0, 0.1) is 0 Å². The molecule has 0 fully saturated rings. The molecule has 1 aliphatic carbocycles. The van der Waals surface area contributed by atoms with Gasteiger partial charge in [-0.25, -0.2) is 0 Å². The summed E-state index contributed by atoms with van der Waals surface area (Å²) in [6.07, 6.45) is 25.8. The van der Waals surface area contributed by atoms with Gasteiger partial charge in [0.2, 0.25) is 0 Å². The zero-order valence-corrected chi connectivity index (χ0v) is 36.6. The molecule has 0 radical (unpaired) electrons. The number of hydrogen-bond donors (Lipinski definition) is 0. The third-order valence-electron chi connectivity index (χ3n) is 9.91. The zero-order valence-electron chi connectivity index (χ0n) is 26.3. The van der Waals surface area contributed by atoms with Crippen LogP contribution in [0.15, 0.2) is 21.5 Å². The van der Waals surface area contributed by atoms with Gasteiger partial charge in [0, 0.05) is 0 Å². The first kappa shape index (κ1) is 42.5. The average Bonchev–Trinajstić information content (AvgIpc) is 3.37. The summed E-state index contributed by atoms with van der Waals surface area (Å²) in [5.74, 6) is 0. The van der Waals surface area contributed by atoms with Crippen molar-refractivity contribution in [3.05, 3.63) is 21.5 Å². The summed E-state index contributed by atoms with van der Waals surface area (Å²) >= 11 is 12.1. The van der Waals surface area contributed by atoms with Crippen molar-refractivity contribution < 1.29 is 44.9 Å². The molecule has 38 heavy (non-hydrogen) atoms. The Morgan fingerprint density at radius 2 is 1.08 bits per heavy atom. The summed E-state index contributed by atoms with van der Waals surface area (Å²) in [6.45, 7) is 21.0. The molecule has 0 aliphatic heterocycles. The van der Waals surface area contributed by atoms with E-state index < -0.39 is 48.1 Å². The van der Waals surface area contributed by atoms with Crippen LogP contribution in [0.4, 0.5) is 0 Å². The van der Waals surface area contributed by atoms with Gasteiger partial charge in [-0.3, -0.25) is 0 Å². The van der Waals surface area contributed by atoms with E-state index in [1.807, 2.05) is 3.28 Å². The maximum absolute atomic E-state index is 7.05. The van der Waals surface area contributed by atoms with Crippen molar-refractivity contribution in [2.24, 2.45) is 0 Å². The van der Waals surface area contributed by atoms with E-state index in [4.69, 9.17) is 22.2 Å². The molecule has 0 aromatic heterocycles. The van der Waals surface area contributed by atoms with Gasteiger partial charge in [-0.05, 0) is 0 Å². The summed E-state index contributed by atoms with van der Waals surface area (Å²) in [6, 6.07) is 3.11. The van der Waals surface area contributed by atoms with Gasteiger partial charge in [0.1, 0.15) is 0 Å². The van der Waals surface area contributed by atoms with Crippen molar-refractivity contribution in [2.45, 2.75) is 160 Å². The first-order valence-corrected chi connectivity index (χ1v) is 35.0. The summed E-state index contributed by atoms with van der Waals surface area (Å²) < 4.78 is 2.89. The second kappa shape index (κ2) is 21.2. The Morgan fingerprint density at radius 1 is 0.711 bits per heavy atom. The Morgan fingerprint density at radius 3 is 1.39 bits per heavy atom. The molecule has 0 saturated heterocycles. The molecule has 0 heterocycles. The normalized spacial score (nSPS) is 17.4. The molecule has 9 heteroatoms. The Hall–Kier alpha value is 2.39. The fourth-order valence-corrected chi connectivity index (χ4v) is 122. The number of hydrogen-bond acceptors (Lipinski definition) is 0. The quantitative estimate of drug-likeness (QED) is 0.0925. The molecule has 1 aliphatic rings. The predicted octanol–water partition coefficient (Wildman–Crippen LogP) is 4.45. The second-order valence-corrected chi connectivity index (χ2v) is 58.1. The molecule has 1 rings (SSSR count). The molecule has 0 aromatic carbocycles. The topological polar surface area (TPSA) is 0 Å². The van der Waals surface area contributed by atoms with Crippen LogP contribution in [0.25, 0.3) is 0 Å². The molecule has 0 N–H and O–H groups in total. The molecule has 0 saturated carbocycles. The van der Waals surface area contributed by atoms with Gasteiger partial charge >= 0.3 is 251 Å². The Balaban J connectivity index is 0. The van der Waals surface area contributed by atoms with E-state index in [9.17, 15) is 0 Å². The minimum absolute atomic E-state index is 0. The van der Waals surface area contributed by atoms with E-state index in [1.165, 1.54) is 83.5 Å². The van der Waals surface area contributed by atoms with Crippen LogP contribution in [0.3, 0.4) is 0 Å². The van der Waals surface area contributed by atoms with Crippen molar-refractivity contribution in [1.82, 2.24) is 0 Å². The smallest absolute Gasteiger partial charge is 1.00 e. The maximum atomic E-state index is 7.05. The summed E-state index contributed by atoms with van der Waals surface area (Å²) in [4.78, 5) is 0. The molecular weight excluding hydrogens is 694 g/mol. The zero-order chi connectivity index (χ0) is 27.3. The van der Waals surface area contributed by atoms with Crippen molar-refractivity contribution in [1.29, 1.82) is 0 Å². The summed E-state index contributed by atoms with van der Waals surface area (Å²) in [5.41, 5.74) is 0. The van der Waals surface area contributed by atoms with E-state index in [-0.39, 0.29) is 24.8 Å². The van der Waals surface area contributed by atoms with Gasteiger partial charge in [0.15, 0.2) is 0 Å². The summed E-state index contributed by atoms with van der Waals surface area (Å²) in [5, 5.41) is -3.08. The predicted molar refractivity (Wildman–Crippen MR) is 178 cm³/mol. The number of rotatable bonds is 21. The molecule has 2 unspecified atom stereocenters. The Bertz CT molecular complexity index is 647. The fourth-order valence-electron chi connectivity index (χ4n) is 6.37. The number of allylic oxidation sites excluding steroid dienone is 4. The van der Waals surface area contributed by atoms with E-state index in [1.54, 1.807) is 12.1 Å². The van der Waals surface area contributed by atoms with E-state index in [0.717, 1.165) is 0 Å². The van der Waals surface area contributed by atoms with Crippen molar-refractivity contribution in [3.8, 4) is 0 Å². The van der Waals surface area contributed by atoms with Crippen LogP contribution < -0.4 is 24.8 Å². The SMILES string of the molecule is CCCCCCCC[Si](C)([Zr+2]([C]1=CC=CC1)[Si](C)(CCCCCCCC)C(C)(C)[SiH2]Cl)C(C)(C)[SiH2]Cl.[Cl-].[Cl-]. The first-order valence-electron chi connectivity index (χ1n) is 15.3. The van der Waals surface area contributed by atoms with Crippen LogP contribution in [0.5, 0.6) is 0 Å². The Labute approximate surface area is 273 Å². The molecule has 0 nitrogen and oxygen atoms in total. The van der Waals surface area contributed by atoms with Crippen molar-refractivity contribution >= 4 is 50.2 Å². The van der Waals surface area contributed by atoms with Gasteiger partial charge in [-0.1, -0.05) is 0 Å². The molecule has 2 atom stereocenters. The second-order valence-electron chi connectivity index (χ2n) is 13.4. The Kier molecular flexibility index (Phi) is 23.7. The molecule has 0 bridgehead atoms. The van der Waals surface area contributed by atoms with Gasteiger partial charge in [-0.2, -0.15) is 0 Å². The van der Waals surface area contributed by atoms with Crippen molar-refractivity contribution in [2.75, 3.05) is 0 Å². The fraction of sp³-hybridized carbons (Fsp3) is 0.862. The van der Waals surface area contributed by atoms with Crippen LogP contribution in [-0.2, 0) is 20.1 Å². The maximum Gasteiger partial charge on any atom is -1.00 e. The largest absolute Gasteiger partial charge is 1.00 e. The van der Waals surface area contributed by atoms with E-state index in [2.05, 4.69) is 72.9 Å². The van der Waals surface area contributed by atoms with E-state index >= 15 is 0 Å².